The van der Waals surface area contributed by atoms with Crippen LogP contribution in [0.4, 0.5) is 4.39 Å². The third-order valence-corrected chi connectivity index (χ3v) is 6.53. The van der Waals surface area contributed by atoms with Crippen LogP contribution < -0.4 is 5.32 Å². The van der Waals surface area contributed by atoms with Crippen LogP contribution in [-0.4, -0.2) is 56.9 Å². The molecule has 1 unspecified atom stereocenters. The number of fused-ring (bicyclic) bond motifs is 1. The highest BCUT2D eigenvalue weighted by Gasteiger charge is 2.22. The number of H-pyrrole nitrogens is 1. The smallest absolute Gasteiger partial charge is 0.126 e. The Morgan fingerprint density at radius 2 is 1.81 bits per heavy atom. The lowest BCUT2D eigenvalue weighted by atomic mass is 9.96. The van der Waals surface area contributed by atoms with Gasteiger partial charge in [-0.15, -0.1) is 10.2 Å². The van der Waals surface area contributed by atoms with Crippen molar-refractivity contribution in [2.45, 2.75) is 31.7 Å². The molecule has 166 valence electrons. The van der Waals surface area contributed by atoms with E-state index in [0.717, 1.165) is 68.6 Å². The zero-order valence-corrected chi connectivity index (χ0v) is 18.2. The maximum absolute atomic E-state index is 14.3. The molecule has 0 radical (unpaired) electrons. The molecular formula is C25H29FN6. The Balaban J connectivity index is 1.29. The first-order valence-electron chi connectivity index (χ1n) is 11.4. The topological polar surface area (TPSA) is 61.8 Å². The first-order chi connectivity index (χ1) is 15.8. The Bertz CT molecular complexity index is 1150. The van der Waals surface area contributed by atoms with Crippen molar-refractivity contribution in [3.05, 3.63) is 78.3 Å². The van der Waals surface area contributed by atoms with Crippen molar-refractivity contribution in [2.24, 2.45) is 0 Å². The first-order valence-corrected chi connectivity index (χ1v) is 11.4. The molecule has 0 aliphatic carbocycles. The standard InChI is InChI=1S/C25H29FN6/c26-24-7-2-1-4-19(24)14-21(31-12-10-27-11-13-31)6-3-5-20-16-28-25-9-8-22(15-23(20)25)32-17-29-30-18-32/h1-2,4,7-9,15-18,21,27-28H,3,5-6,10-14H2. The molecule has 3 heterocycles. The Morgan fingerprint density at radius 1 is 1.00 bits per heavy atom. The van der Waals surface area contributed by atoms with Crippen molar-refractivity contribution in [3.63, 3.8) is 0 Å². The summed E-state index contributed by atoms with van der Waals surface area (Å²) in [6.07, 6.45) is 9.42. The van der Waals surface area contributed by atoms with Gasteiger partial charge in [-0.05, 0) is 61.1 Å². The van der Waals surface area contributed by atoms with Crippen LogP contribution in [0.25, 0.3) is 16.6 Å². The fourth-order valence-corrected chi connectivity index (χ4v) is 4.77. The number of piperazine rings is 1. The zero-order valence-electron chi connectivity index (χ0n) is 18.2. The summed E-state index contributed by atoms with van der Waals surface area (Å²) in [5, 5.41) is 12.5. The van der Waals surface area contributed by atoms with Crippen molar-refractivity contribution < 1.29 is 4.39 Å². The second kappa shape index (κ2) is 9.63. The monoisotopic (exact) mass is 432 g/mol. The molecule has 32 heavy (non-hydrogen) atoms. The van der Waals surface area contributed by atoms with Gasteiger partial charge in [0.2, 0.25) is 0 Å². The second-order valence-electron chi connectivity index (χ2n) is 8.54. The summed E-state index contributed by atoms with van der Waals surface area (Å²) in [6, 6.07) is 13.9. The van der Waals surface area contributed by atoms with Crippen molar-refractivity contribution >= 4 is 10.9 Å². The van der Waals surface area contributed by atoms with Gasteiger partial charge in [-0.2, -0.15) is 0 Å². The number of nitrogens with zero attached hydrogens (tertiary/aromatic N) is 4. The van der Waals surface area contributed by atoms with Crippen LogP contribution in [0.15, 0.2) is 61.3 Å². The predicted molar refractivity (Wildman–Crippen MR) is 124 cm³/mol. The van der Waals surface area contributed by atoms with Gasteiger partial charge in [0, 0.05) is 55.0 Å². The van der Waals surface area contributed by atoms with Gasteiger partial charge in [-0.1, -0.05) is 18.2 Å². The summed E-state index contributed by atoms with van der Waals surface area (Å²) < 4.78 is 16.3. The summed E-state index contributed by atoms with van der Waals surface area (Å²) in [5.74, 6) is -0.0919. The molecule has 5 rings (SSSR count). The van der Waals surface area contributed by atoms with Gasteiger partial charge in [0.1, 0.15) is 18.5 Å². The minimum Gasteiger partial charge on any atom is -0.361 e. The largest absolute Gasteiger partial charge is 0.361 e. The number of aromatic nitrogens is 4. The van der Waals surface area contributed by atoms with E-state index in [2.05, 4.69) is 49.8 Å². The second-order valence-corrected chi connectivity index (χ2v) is 8.54. The van der Waals surface area contributed by atoms with Gasteiger partial charge >= 0.3 is 0 Å². The number of rotatable bonds is 8. The molecule has 2 aromatic heterocycles. The van der Waals surface area contributed by atoms with Crippen molar-refractivity contribution in [1.82, 2.24) is 30.0 Å². The van der Waals surface area contributed by atoms with Gasteiger partial charge in [-0.25, -0.2) is 4.39 Å². The summed E-state index contributed by atoms with van der Waals surface area (Å²) in [6.45, 7) is 4.05. The zero-order chi connectivity index (χ0) is 21.8. The van der Waals surface area contributed by atoms with Gasteiger partial charge in [0.25, 0.3) is 0 Å². The number of hydrogen-bond donors (Lipinski definition) is 2. The molecule has 4 aromatic rings. The van der Waals surface area contributed by atoms with E-state index in [0.29, 0.717) is 6.04 Å². The summed E-state index contributed by atoms with van der Waals surface area (Å²) in [5.41, 5.74) is 4.34. The lowest BCUT2D eigenvalue weighted by Crippen LogP contribution is -2.49. The quantitative estimate of drug-likeness (QED) is 0.445. The van der Waals surface area contributed by atoms with E-state index in [4.69, 9.17) is 0 Å². The van der Waals surface area contributed by atoms with E-state index in [9.17, 15) is 4.39 Å². The molecule has 1 aliphatic heterocycles. The molecular weight excluding hydrogens is 403 g/mol. The van der Waals surface area contributed by atoms with Gasteiger partial charge in [0.05, 0.1) is 0 Å². The maximum atomic E-state index is 14.3. The number of hydrogen-bond acceptors (Lipinski definition) is 4. The van der Waals surface area contributed by atoms with Gasteiger partial charge < -0.3 is 10.3 Å². The molecule has 1 fully saturated rings. The summed E-state index contributed by atoms with van der Waals surface area (Å²) in [4.78, 5) is 5.93. The Hall–Kier alpha value is -3.03. The van der Waals surface area contributed by atoms with Crippen molar-refractivity contribution in [3.8, 4) is 5.69 Å². The Labute approximate surface area is 187 Å². The molecule has 2 N–H and O–H groups in total. The molecule has 0 bridgehead atoms. The molecule has 6 nitrogen and oxygen atoms in total. The van der Waals surface area contributed by atoms with Crippen LogP contribution in [0.2, 0.25) is 0 Å². The Morgan fingerprint density at radius 3 is 2.62 bits per heavy atom. The molecule has 0 spiro atoms. The number of benzene rings is 2. The maximum Gasteiger partial charge on any atom is 0.126 e. The van der Waals surface area contributed by atoms with Crippen LogP contribution in [0.5, 0.6) is 0 Å². The fourth-order valence-electron chi connectivity index (χ4n) is 4.77. The lowest BCUT2D eigenvalue weighted by molar-refractivity contribution is 0.161. The third kappa shape index (κ3) is 4.59. The normalized spacial score (nSPS) is 15.9. The minimum absolute atomic E-state index is 0.0919. The highest BCUT2D eigenvalue weighted by Crippen LogP contribution is 2.24. The SMILES string of the molecule is Fc1ccccc1CC(CCCc1c[nH]c2ccc(-n3cnnc3)cc12)N1CCNCC1. The highest BCUT2D eigenvalue weighted by atomic mass is 19.1. The molecule has 0 amide bonds. The van der Waals surface area contributed by atoms with Crippen LogP contribution in [0.1, 0.15) is 24.0 Å². The van der Waals surface area contributed by atoms with Crippen molar-refractivity contribution in [1.29, 1.82) is 0 Å². The lowest BCUT2D eigenvalue weighted by Gasteiger charge is -2.35. The van der Waals surface area contributed by atoms with Gasteiger partial charge in [0.15, 0.2) is 0 Å². The van der Waals surface area contributed by atoms with E-state index in [-0.39, 0.29) is 5.82 Å². The third-order valence-electron chi connectivity index (χ3n) is 6.53. The van der Waals surface area contributed by atoms with E-state index in [1.54, 1.807) is 24.8 Å². The highest BCUT2D eigenvalue weighted by molar-refractivity contribution is 5.85. The molecule has 0 saturated carbocycles. The van der Waals surface area contributed by atoms with Crippen LogP contribution in [0.3, 0.4) is 0 Å². The number of aromatic amines is 1. The van der Waals surface area contributed by atoms with Crippen molar-refractivity contribution in [2.75, 3.05) is 26.2 Å². The van der Waals surface area contributed by atoms with Crippen LogP contribution in [0, 0.1) is 5.82 Å². The molecule has 1 aliphatic rings. The molecule has 1 saturated heterocycles. The average molecular weight is 433 g/mol. The van der Waals surface area contributed by atoms with Crippen LogP contribution >= 0.6 is 0 Å². The fraction of sp³-hybridized carbons (Fsp3) is 0.360. The minimum atomic E-state index is -0.0919. The van der Waals surface area contributed by atoms with E-state index in [1.807, 2.05) is 16.7 Å². The number of aryl methyl sites for hydroxylation is 1. The number of nitrogens with one attached hydrogen (secondary N) is 2. The van der Waals surface area contributed by atoms with Crippen LogP contribution in [-0.2, 0) is 12.8 Å². The van der Waals surface area contributed by atoms with E-state index in [1.165, 1.54) is 10.9 Å². The van der Waals surface area contributed by atoms with Gasteiger partial charge in [-0.3, -0.25) is 9.47 Å². The Kier molecular flexibility index (Phi) is 6.27. The average Bonchev–Trinajstić information content (AvgIpc) is 3.50. The predicted octanol–water partition coefficient (Wildman–Crippen LogP) is 3.73. The number of halogens is 1. The molecule has 7 heteroatoms. The molecule has 2 aromatic carbocycles. The summed E-state index contributed by atoms with van der Waals surface area (Å²) >= 11 is 0. The first kappa shape index (κ1) is 20.8. The molecule has 1 atom stereocenters. The van der Waals surface area contributed by atoms with E-state index >= 15 is 0 Å². The summed E-state index contributed by atoms with van der Waals surface area (Å²) in [7, 11) is 0. The van der Waals surface area contributed by atoms with E-state index < -0.39 is 0 Å².